The van der Waals surface area contributed by atoms with Gasteiger partial charge in [0.25, 0.3) is 0 Å². The number of nitrogen functional groups attached to an aromatic ring is 1. The predicted octanol–water partition coefficient (Wildman–Crippen LogP) is 2.88. The summed E-state index contributed by atoms with van der Waals surface area (Å²) in [6, 6.07) is 7.92. The molecule has 1 saturated heterocycles. The highest BCUT2D eigenvalue weighted by Gasteiger charge is 2.18. The van der Waals surface area contributed by atoms with Crippen molar-refractivity contribution in [2.45, 2.75) is 6.42 Å². The van der Waals surface area contributed by atoms with E-state index in [9.17, 15) is 0 Å². The molecule has 2 heterocycles. The van der Waals surface area contributed by atoms with Gasteiger partial charge in [-0.1, -0.05) is 18.2 Å². The molecule has 1 fully saturated rings. The van der Waals surface area contributed by atoms with Crippen molar-refractivity contribution in [2.24, 2.45) is 4.99 Å². The molecule has 5 heteroatoms. The van der Waals surface area contributed by atoms with Crippen LogP contribution in [0.1, 0.15) is 12.0 Å². The molecule has 1 aromatic carbocycles. The van der Waals surface area contributed by atoms with Crippen molar-refractivity contribution in [2.75, 3.05) is 38.3 Å². The summed E-state index contributed by atoms with van der Waals surface area (Å²) in [5, 5.41) is 0. The molecule has 3 rings (SSSR count). The molecule has 2 N–H and O–H groups in total. The normalized spacial score (nSPS) is 19.1. The Labute approximate surface area is 135 Å². The van der Waals surface area contributed by atoms with E-state index in [-0.39, 0.29) is 0 Å². The van der Waals surface area contributed by atoms with Crippen LogP contribution in [0.3, 0.4) is 0 Å². The van der Waals surface area contributed by atoms with E-state index >= 15 is 0 Å². The summed E-state index contributed by atoms with van der Waals surface area (Å²) in [6.07, 6.45) is 7.21. The quantitative estimate of drug-likeness (QED) is 0.872. The summed E-state index contributed by atoms with van der Waals surface area (Å²) in [4.78, 5) is 8.31. The van der Waals surface area contributed by atoms with Crippen molar-refractivity contribution < 1.29 is 4.74 Å². The highest BCUT2D eigenvalue weighted by Crippen LogP contribution is 2.28. The van der Waals surface area contributed by atoms with Crippen LogP contribution in [0.4, 0.5) is 5.69 Å². The van der Waals surface area contributed by atoms with Gasteiger partial charge in [-0.25, -0.2) is 0 Å². The van der Waals surface area contributed by atoms with Gasteiger partial charge in [0, 0.05) is 42.0 Å². The van der Waals surface area contributed by atoms with Gasteiger partial charge in [-0.05, 0) is 24.0 Å². The van der Waals surface area contributed by atoms with Crippen molar-refractivity contribution in [1.82, 2.24) is 4.90 Å². The average molecular weight is 315 g/mol. The van der Waals surface area contributed by atoms with Crippen molar-refractivity contribution in [3.63, 3.8) is 0 Å². The Kier molecular flexibility index (Phi) is 4.85. The summed E-state index contributed by atoms with van der Waals surface area (Å²) < 4.78 is 5.46. The first-order valence-corrected chi connectivity index (χ1v) is 8.70. The SMILES string of the molecule is CSC1=CN=C(c2ccc(N)cc2)CC=C1N1CCOCC1. The molecule has 0 amide bonds. The Balaban J connectivity index is 1.85. The number of nitrogens with two attached hydrogens (primary N) is 1. The predicted molar refractivity (Wildman–Crippen MR) is 94.1 cm³/mol. The number of anilines is 1. The molecule has 0 saturated carbocycles. The molecule has 22 heavy (non-hydrogen) atoms. The number of nitrogens with zero attached hydrogens (tertiary/aromatic N) is 2. The van der Waals surface area contributed by atoms with E-state index in [2.05, 4.69) is 17.2 Å². The van der Waals surface area contributed by atoms with Crippen LogP contribution in [0.2, 0.25) is 0 Å². The summed E-state index contributed by atoms with van der Waals surface area (Å²) in [5.41, 5.74) is 10.0. The number of hydrogen-bond donors (Lipinski definition) is 1. The maximum absolute atomic E-state index is 5.76. The van der Waals surface area contributed by atoms with Crippen LogP contribution in [-0.2, 0) is 4.74 Å². The van der Waals surface area contributed by atoms with E-state index in [1.807, 2.05) is 30.5 Å². The first-order valence-electron chi connectivity index (χ1n) is 7.48. The zero-order valence-electron chi connectivity index (χ0n) is 12.8. The van der Waals surface area contributed by atoms with Gasteiger partial charge in [0.15, 0.2) is 0 Å². The lowest BCUT2D eigenvalue weighted by Gasteiger charge is -2.31. The number of rotatable bonds is 3. The van der Waals surface area contributed by atoms with E-state index in [0.717, 1.165) is 49.7 Å². The molecule has 4 nitrogen and oxygen atoms in total. The number of ether oxygens (including phenoxy) is 1. The zero-order valence-corrected chi connectivity index (χ0v) is 13.6. The number of aliphatic imine (C=N–C) groups is 1. The van der Waals surface area contributed by atoms with Gasteiger partial charge in [-0.15, -0.1) is 11.8 Å². The molecule has 0 unspecified atom stereocenters. The topological polar surface area (TPSA) is 50.8 Å². The van der Waals surface area contributed by atoms with E-state index in [0.29, 0.717) is 0 Å². The minimum Gasteiger partial charge on any atom is -0.399 e. The fourth-order valence-corrected chi connectivity index (χ4v) is 3.24. The van der Waals surface area contributed by atoms with Crippen LogP contribution in [0, 0.1) is 0 Å². The number of morpholine rings is 1. The Bertz CT molecular complexity index is 613. The molecule has 0 aliphatic carbocycles. The standard InChI is InChI=1S/C17H21N3OS/c1-22-17-12-19-15(13-2-4-14(18)5-3-13)6-7-16(17)20-8-10-21-11-9-20/h2-5,7,12H,6,8-11,18H2,1H3. The van der Waals surface area contributed by atoms with E-state index in [4.69, 9.17) is 15.5 Å². The third-order valence-electron chi connectivity index (χ3n) is 3.89. The Hall–Kier alpha value is -1.72. The van der Waals surface area contributed by atoms with Crippen LogP contribution < -0.4 is 5.73 Å². The van der Waals surface area contributed by atoms with E-state index in [1.54, 1.807) is 11.8 Å². The van der Waals surface area contributed by atoms with Crippen LogP contribution in [0.15, 0.2) is 52.1 Å². The van der Waals surface area contributed by atoms with Crippen LogP contribution in [0.5, 0.6) is 0 Å². The van der Waals surface area contributed by atoms with Gasteiger partial charge in [-0.2, -0.15) is 0 Å². The molecule has 0 atom stereocenters. The largest absolute Gasteiger partial charge is 0.399 e. The number of benzene rings is 1. The molecular formula is C17H21N3OS. The lowest BCUT2D eigenvalue weighted by molar-refractivity contribution is 0.0551. The van der Waals surface area contributed by atoms with Crippen molar-refractivity contribution >= 4 is 23.2 Å². The Morgan fingerprint density at radius 1 is 1.18 bits per heavy atom. The maximum atomic E-state index is 5.76. The van der Waals surface area contributed by atoms with Gasteiger partial charge in [0.2, 0.25) is 0 Å². The van der Waals surface area contributed by atoms with Crippen molar-refractivity contribution in [3.8, 4) is 0 Å². The zero-order chi connectivity index (χ0) is 15.4. The molecule has 0 radical (unpaired) electrons. The molecule has 2 aliphatic rings. The molecule has 0 spiro atoms. The van der Waals surface area contributed by atoms with Gasteiger partial charge in [0.1, 0.15) is 0 Å². The monoisotopic (exact) mass is 315 g/mol. The highest BCUT2D eigenvalue weighted by molar-refractivity contribution is 8.02. The van der Waals surface area contributed by atoms with Gasteiger partial charge in [0.05, 0.1) is 18.9 Å². The maximum Gasteiger partial charge on any atom is 0.0642 e. The molecule has 0 bridgehead atoms. The fourth-order valence-electron chi connectivity index (χ4n) is 2.66. The minimum atomic E-state index is 0.780. The van der Waals surface area contributed by atoms with Gasteiger partial charge < -0.3 is 15.4 Å². The summed E-state index contributed by atoms with van der Waals surface area (Å²) >= 11 is 1.74. The summed E-state index contributed by atoms with van der Waals surface area (Å²) in [7, 11) is 0. The van der Waals surface area contributed by atoms with Gasteiger partial charge in [-0.3, -0.25) is 4.99 Å². The Morgan fingerprint density at radius 3 is 2.59 bits per heavy atom. The highest BCUT2D eigenvalue weighted by atomic mass is 32.2. The third kappa shape index (κ3) is 3.36. The van der Waals surface area contributed by atoms with Crippen LogP contribution in [-0.4, -0.2) is 43.2 Å². The van der Waals surface area contributed by atoms with E-state index < -0.39 is 0 Å². The van der Waals surface area contributed by atoms with Gasteiger partial charge >= 0.3 is 0 Å². The number of thioether (sulfide) groups is 1. The molecule has 116 valence electrons. The molecular weight excluding hydrogens is 294 g/mol. The smallest absolute Gasteiger partial charge is 0.0642 e. The molecule has 2 aliphatic heterocycles. The lowest BCUT2D eigenvalue weighted by Crippen LogP contribution is -2.35. The average Bonchev–Trinajstić information content (AvgIpc) is 2.79. The summed E-state index contributed by atoms with van der Waals surface area (Å²) in [5.74, 6) is 0. The first kappa shape index (κ1) is 15.2. The second kappa shape index (κ2) is 7.03. The van der Waals surface area contributed by atoms with Crippen LogP contribution >= 0.6 is 11.8 Å². The van der Waals surface area contributed by atoms with Crippen molar-refractivity contribution in [1.29, 1.82) is 0 Å². The number of allylic oxidation sites excluding steroid dienone is 1. The summed E-state index contributed by atoms with van der Waals surface area (Å²) in [6.45, 7) is 3.48. The fraction of sp³-hybridized carbons (Fsp3) is 0.353. The second-order valence-electron chi connectivity index (χ2n) is 5.29. The second-order valence-corrected chi connectivity index (χ2v) is 6.14. The third-order valence-corrected chi connectivity index (χ3v) is 4.65. The lowest BCUT2D eigenvalue weighted by atomic mass is 10.1. The first-order chi connectivity index (χ1) is 10.8. The van der Waals surface area contributed by atoms with E-state index in [1.165, 1.54) is 10.6 Å². The van der Waals surface area contributed by atoms with Crippen molar-refractivity contribution in [3.05, 3.63) is 52.7 Å². The molecule has 1 aromatic rings. The Morgan fingerprint density at radius 2 is 1.91 bits per heavy atom. The minimum absolute atomic E-state index is 0.780. The number of hydrogen-bond acceptors (Lipinski definition) is 5. The van der Waals surface area contributed by atoms with Crippen LogP contribution in [0.25, 0.3) is 0 Å². The molecule has 0 aromatic heterocycles.